The molecule has 2 amide bonds. The van der Waals surface area contributed by atoms with E-state index in [0.717, 1.165) is 38.6 Å². The van der Waals surface area contributed by atoms with Crippen LogP contribution in [0.3, 0.4) is 0 Å². The number of rotatable bonds is 2. The van der Waals surface area contributed by atoms with Gasteiger partial charge in [0.15, 0.2) is 0 Å². The maximum Gasteiger partial charge on any atom is 0.255 e. The Morgan fingerprint density at radius 2 is 1.85 bits per heavy atom. The molecule has 0 bridgehead atoms. The number of nitrogens with zero attached hydrogens (tertiary/aromatic N) is 2. The quantitative estimate of drug-likeness (QED) is 0.867. The van der Waals surface area contributed by atoms with Gasteiger partial charge in [-0.25, -0.2) is 0 Å². The Balaban J connectivity index is 1.55. The van der Waals surface area contributed by atoms with Crippen LogP contribution in [0.4, 0.5) is 0 Å². The molecule has 3 fully saturated rings. The minimum atomic E-state index is -0.402. The van der Waals surface area contributed by atoms with Crippen LogP contribution < -0.4 is 5.56 Å². The van der Waals surface area contributed by atoms with E-state index >= 15 is 0 Å². The van der Waals surface area contributed by atoms with Gasteiger partial charge >= 0.3 is 0 Å². The van der Waals surface area contributed by atoms with Gasteiger partial charge in [0.05, 0.1) is 11.0 Å². The second-order valence-electron chi connectivity index (χ2n) is 8.61. The summed E-state index contributed by atoms with van der Waals surface area (Å²) in [7, 11) is 0. The van der Waals surface area contributed by atoms with E-state index in [9.17, 15) is 14.4 Å². The molecule has 27 heavy (non-hydrogen) atoms. The predicted molar refractivity (Wildman–Crippen MR) is 103 cm³/mol. The number of carbonyl (C=O) groups excluding carboxylic acids is 2. The molecule has 6 heteroatoms. The van der Waals surface area contributed by atoms with Gasteiger partial charge in [0.2, 0.25) is 11.5 Å². The number of carbonyl (C=O) groups is 2. The molecule has 2 aliphatic heterocycles. The first-order chi connectivity index (χ1) is 12.9. The lowest BCUT2D eigenvalue weighted by Crippen LogP contribution is -2.53. The maximum absolute atomic E-state index is 13.4. The average Bonchev–Trinajstić information content (AvgIpc) is 3.27. The van der Waals surface area contributed by atoms with E-state index in [2.05, 4.69) is 9.88 Å². The number of amides is 2. The number of hydrogen-bond donors (Lipinski definition) is 1. The Morgan fingerprint density at radius 3 is 2.56 bits per heavy atom. The van der Waals surface area contributed by atoms with Crippen molar-refractivity contribution < 1.29 is 9.59 Å². The number of aromatic nitrogens is 1. The topological polar surface area (TPSA) is 73.5 Å². The molecule has 4 rings (SSSR count). The highest BCUT2D eigenvalue weighted by Gasteiger charge is 2.50. The van der Waals surface area contributed by atoms with Crippen LogP contribution in [0.25, 0.3) is 0 Å². The predicted octanol–water partition coefficient (Wildman–Crippen LogP) is 2.39. The summed E-state index contributed by atoms with van der Waals surface area (Å²) in [6.45, 7) is 5.56. The van der Waals surface area contributed by atoms with Crippen molar-refractivity contribution in [2.75, 3.05) is 19.6 Å². The van der Waals surface area contributed by atoms with Crippen LogP contribution in [-0.2, 0) is 4.79 Å². The molecule has 1 N–H and O–H groups in total. The fourth-order valence-electron chi connectivity index (χ4n) is 5.42. The van der Waals surface area contributed by atoms with E-state index in [4.69, 9.17) is 0 Å². The van der Waals surface area contributed by atoms with Crippen molar-refractivity contribution >= 4 is 11.8 Å². The Labute approximate surface area is 159 Å². The number of piperidine rings is 1. The molecule has 1 saturated carbocycles. The summed E-state index contributed by atoms with van der Waals surface area (Å²) in [6, 6.07) is 1.88. The third kappa shape index (κ3) is 3.09. The van der Waals surface area contributed by atoms with Gasteiger partial charge in [-0.3, -0.25) is 14.4 Å². The first-order valence-corrected chi connectivity index (χ1v) is 10.2. The van der Waals surface area contributed by atoms with E-state index in [1.165, 1.54) is 18.9 Å². The van der Waals surface area contributed by atoms with Crippen molar-refractivity contribution in [1.29, 1.82) is 0 Å². The van der Waals surface area contributed by atoms with Gasteiger partial charge in [-0.1, -0.05) is 12.8 Å². The smallest absolute Gasteiger partial charge is 0.255 e. The van der Waals surface area contributed by atoms with Gasteiger partial charge in [0.25, 0.3) is 5.91 Å². The van der Waals surface area contributed by atoms with E-state index < -0.39 is 5.41 Å². The second kappa shape index (κ2) is 6.80. The number of aromatic amines is 1. The summed E-state index contributed by atoms with van der Waals surface area (Å²) in [5.41, 5.74) is 1.29. The summed E-state index contributed by atoms with van der Waals surface area (Å²) in [5, 5.41) is 0. The summed E-state index contributed by atoms with van der Waals surface area (Å²) in [6.07, 6.45) is 7.35. The van der Waals surface area contributed by atoms with Gasteiger partial charge in [0.1, 0.15) is 0 Å². The van der Waals surface area contributed by atoms with E-state index in [0.29, 0.717) is 36.0 Å². The third-order valence-corrected chi connectivity index (χ3v) is 6.82. The second-order valence-corrected chi connectivity index (χ2v) is 8.61. The zero-order valence-corrected chi connectivity index (χ0v) is 16.3. The Hall–Kier alpha value is -2.11. The van der Waals surface area contributed by atoms with Crippen molar-refractivity contribution in [2.45, 2.75) is 64.8 Å². The molecule has 0 unspecified atom stereocenters. The zero-order valence-electron chi connectivity index (χ0n) is 16.3. The highest BCUT2D eigenvalue weighted by Crippen LogP contribution is 2.42. The van der Waals surface area contributed by atoms with E-state index in [1.54, 1.807) is 13.8 Å². The van der Waals surface area contributed by atoms with E-state index in [-0.39, 0.29) is 17.4 Å². The Kier molecular flexibility index (Phi) is 4.60. The number of likely N-dealkylation sites (tertiary alicyclic amines) is 2. The summed E-state index contributed by atoms with van der Waals surface area (Å²) >= 11 is 0. The number of H-pyrrole nitrogens is 1. The molecule has 1 aromatic rings. The van der Waals surface area contributed by atoms with Crippen molar-refractivity contribution in [1.82, 2.24) is 14.8 Å². The minimum Gasteiger partial charge on any atom is -0.339 e. The molecular weight excluding hydrogens is 342 g/mol. The van der Waals surface area contributed by atoms with Gasteiger partial charge in [0, 0.05) is 37.4 Å². The van der Waals surface area contributed by atoms with Gasteiger partial charge < -0.3 is 14.8 Å². The van der Waals surface area contributed by atoms with Crippen molar-refractivity contribution in [3.05, 3.63) is 33.2 Å². The van der Waals surface area contributed by atoms with Crippen LogP contribution >= 0.6 is 0 Å². The maximum atomic E-state index is 13.4. The van der Waals surface area contributed by atoms with Crippen LogP contribution in [0.1, 0.15) is 66.6 Å². The Bertz CT molecular complexity index is 798. The molecule has 6 nitrogen and oxygen atoms in total. The molecule has 0 aromatic carbocycles. The van der Waals surface area contributed by atoms with Crippen LogP contribution in [0.15, 0.2) is 10.9 Å². The highest BCUT2D eigenvalue weighted by molar-refractivity contribution is 5.97. The van der Waals surface area contributed by atoms with Crippen LogP contribution in [0.5, 0.6) is 0 Å². The fraction of sp³-hybridized carbons (Fsp3) is 0.667. The lowest BCUT2D eigenvalue weighted by atomic mass is 9.77. The highest BCUT2D eigenvalue weighted by atomic mass is 16.2. The molecule has 0 radical (unpaired) electrons. The van der Waals surface area contributed by atoms with Gasteiger partial charge in [-0.2, -0.15) is 0 Å². The average molecular weight is 371 g/mol. The van der Waals surface area contributed by atoms with Gasteiger partial charge in [-0.05, 0) is 51.5 Å². The fourth-order valence-corrected chi connectivity index (χ4v) is 5.42. The zero-order chi connectivity index (χ0) is 19.2. The standard InChI is InChI=1S/C21H29N3O3/c1-14-12-17(25)22-15(2)18(14)19(26)23-11-9-21(13-23)8-5-10-24(20(21)27)16-6-3-4-7-16/h12,16H,3-11,13H2,1-2H3,(H,22,25)/t21-/m0/s1. The largest absolute Gasteiger partial charge is 0.339 e. The molecule has 1 spiro atoms. The lowest BCUT2D eigenvalue weighted by Gasteiger charge is -2.42. The summed E-state index contributed by atoms with van der Waals surface area (Å²) < 4.78 is 0. The van der Waals surface area contributed by atoms with Crippen LogP contribution in [0, 0.1) is 19.3 Å². The number of hydrogen-bond acceptors (Lipinski definition) is 3. The molecule has 2 saturated heterocycles. The van der Waals surface area contributed by atoms with Crippen molar-refractivity contribution in [3.63, 3.8) is 0 Å². The molecule has 1 aliphatic carbocycles. The molecule has 1 aromatic heterocycles. The SMILES string of the molecule is Cc1cc(=O)[nH]c(C)c1C(=O)N1CC[C@@]2(CCCN(C3CCCC3)C2=O)C1. The molecule has 146 valence electrons. The molecule has 3 heterocycles. The molecule has 1 atom stereocenters. The Morgan fingerprint density at radius 1 is 1.11 bits per heavy atom. The number of aryl methyl sites for hydroxylation is 2. The first kappa shape index (κ1) is 18.3. The first-order valence-electron chi connectivity index (χ1n) is 10.2. The lowest BCUT2D eigenvalue weighted by molar-refractivity contribution is -0.148. The van der Waals surface area contributed by atoms with Gasteiger partial charge in [-0.15, -0.1) is 0 Å². The minimum absolute atomic E-state index is 0.0658. The summed E-state index contributed by atoms with van der Waals surface area (Å²) in [4.78, 5) is 44.8. The number of pyridine rings is 1. The molecular formula is C21H29N3O3. The normalized spacial score (nSPS) is 26.4. The van der Waals surface area contributed by atoms with Crippen LogP contribution in [-0.4, -0.2) is 52.3 Å². The van der Waals surface area contributed by atoms with Crippen LogP contribution in [0.2, 0.25) is 0 Å². The van der Waals surface area contributed by atoms with E-state index in [1.807, 2.05) is 4.90 Å². The molecule has 3 aliphatic rings. The summed E-state index contributed by atoms with van der Waals surface area (Å²) in [5.74, 6) is 0.203. The third-order valence-electron chi connectivity index (χ3n) is 6.82. The number of nitrogens with one attached hydrogen (secondary N) is 1. The van der Waals surface area contributed by atoms with Crippen molar-refractivity contribution in [3.8, 4) is 0 Å². The van der Waals surface area contributed by atoms with Crippen molar-refractivity contribution in [2.24, 2.45) is 5.41 Å². The monoisotopic (exact) mass is 371 g/mol.